The minimum absolute atomic E-state index is 0.0601. The fourth-order valence-corrected chi connectivity index (χ4v) is 3.37. The molecule has 0 aliphatic carbocycles. The standard InChI is InChI=1S/C18H25N3O3/c1-13-19-15-4-3-14(9-16(15)20-13)10-17(23)21(2)11-18(12-22)5-7-24-8-6-18/h3-4,9,22H,5-8,10-12H2,1-2H3,(H,19,20). The molecule has 1 aromatic heterocycles. The van der Waals surface area contributed by atoms with Crippen LogP contribution >= 0.6 is 0 Å². The highest BCUT2D eigenvalue weighted by atomic mass is 16.5. The first kappa shape index (κ1) is 16.9. The Balaban J connectivity index is 1.66. The minimum atomic E-state index is -0.229. The van der Waals surface area contributed by atoms with Gasteiger partial charge in [0.1, 0.15) is 5.82 Å². The fourth-order valence-electron chi connectivity index (χ4n) is 3.37. The van der Waals surface area contributed by atoms with Crippen molar-refractivity contribution in [2.45, 2.75) is 26.2 Å². The van der Waals surface area contributed by atoms with Crippen LogP contribution in [0.5, 0.6) is 0 Å². The Morgan fingerprint density at radius 2 is 2.17 bits per heavy atom. The molecule has 6 nitrogen and oxygen atoms in total. The number of nitrogens with one attached hydrogen (secondary N) is 1. The van der Waals surface area contributed by atoms with Crippen molar-refractivity contribution in [3.63, 3.8) is 0 Å². The lowest BCUT2D eigenvalue weighted by molar-refractivity contribution is -0.132. The number of fused-ring (bicyclic) bond motifs is 1. The van der Waals surface area contributed by atoms with Crippen molar-refractivity contribution in [1.29, 1.82) is 0 Å². The molecule has 1 fully saturated rings. The smallest absolute Gasteiger partial charge is 0.226 e. The number of aryl methyl sites for hydroxylation is 1. The van der Waals surface area contributed by atoms with E-state index in [1.807, 2.05) is 32.2 Å². The van der Waals surface area contributed by atoms with Gasteiger partial charge in [0, 0.05) is 32.2 Å². The summed E-state index contributed by atoms with van der Waals surface area (Å²) >= 11 is 0. The SMILES string of the molecule is Cc1nc2ccc(CC(=O)N(C)CC3(CO)CCOCC3)cc2[nH]1. The molecule has 1 aliphatic rings. The van der Waals surface area contributed by atoms with Crippen molar-refractivity contribution in [2.24, 2.45) is 5.41 Å². The molecule has 1 aliphatic heterocycles. The molecule has 0 spiro atoms. The quantitative estimate of drug-likeness (QED) is 0.873. The number of ether oxygens (including phenoxy) is 1. The van der Waals surface area contributed by atoms with Crippen LogP contribution in [-0.2, 0) is 16.0 Å². The van der Waals surface area contributed by atoms with Gasteiger partial charge >= 0.3 is 0 Å². The van der Waals surface area contributed by atoms with Crippen LogP contribution < -0.4 is 0 Å². The maximum absolute atomic E-state index is 12.6. The maximum atomic E-state index is 12.6. The number of amides is 1. The first-order valence-corrected chi connectivity index (χ1v) is 8.39. The van der Waals surface area contributed by atoms with Gasteiger partial charge < -0.3 is 19.7 Å². The molecule has 130 valence electrons. The molecule has 0 radical (unpaired) electrons. The highest BCUT2D eigenvalue weighted by Gasteiger charge is 2.34. The van der Waals surface area contributed by atoms with Crippen molar-refractivity contribution < 1.29 is 14.6 Å². The average Bonchev–Trinajstić information content (AvgIpc) is 2.95. The second-order valence-corrected chi connectivity index (χ2v) is 6.87. The lowest BCUT2D eigenvalue weighted by Gasteiger charge is -2.38. The number of H-pyrrole nitrogens is 1. The lowest BCUT2D eigenvalue weighted by Crippen LogP contribution is -2.45. The molecule has 1 aromatic carbocycles. The first-order chi connectivity index (χ1) is 11.5. The van der Waals surface area contributed by atoms with Crippen molar-refractivity contribution in [1.82, 2.24) is 14.9 Å². The van der Waals surface area contributed by atoms with Gasteiger partial charge in [0.15, 0.2) is 0 Å². The predicted octanol–water partition coefficient (Wildman–Crippen LogP) is 1.66. The van der Waals surface area contributed by atoms with Crippen molar-refractivity contribution in [3.8, 4) is 0 Å². The molecule has 0 atom stereocenters. The number of nitrogens with zero attached hydrogens (tertiary/aromatic N) is 2. The summed E-state index contributed by atoms with van der Waals surface area (Å²) in [5.74, 6) is 0.930. The van der Waals surface area contributed by atoms with Crippen LogP contribution in [0.15, 0.2) is 18.2 Å². The summed E-state index contributed by atoms with van der Waals surface area (Å²) in [4.78, 5) is 21.9. The summed E-state index contributed by atoms with van der Waals surface area (Å²) in [6, 6.07) is 5.87. The van der Waals surface area contributed by atoms with Gasteiger partial charge in [-0.2, -0.15) is 0 Å². The summed E-state index contributed by atoms with van der Waals surface area (Å²) < 4.78 is 5.38. The van der Waals surface area contributed by atoms with E-state index in [-0.39, 0.29) is 17.9 Å². The first-order valence-electron chi connectivity index (χ1n) is 8.39. The van der Waals surface area contributed by atoms with E-state index >= 15 is 0 Å². The zero-order valence-corrected chi connectivity index (χ0v) is 14.3. The Hall–Kier alpha value is -1.92. The Bertz CT molecular complexity index is 719. The molecule has 3 rings (SSSR count). The molecular formula is C18H25N3O3. The van der Waals surface area contributed by atoms with Gasteiger partial charge in [-0.25, -0.2) is 4.98 Å². The summed E-state index contributed by atoms with van der Waals surface area (Å²) in [6.07, 6.45) is 1.93. The third-order valence-corrected chi connectivity index (χ3v) is 4.91. The molecule has 24 heavy (non-hydrogen) atoms. The number of benzene rings is 1. The number of hydrogen-bond donors (Lipinski definition) is 2. The van der Waals surface area contributed by atoms with Crippen molar-refractivity contribution >= 4 is 16.9 Å². The molecule has 0 bridgehead atoms. The molecule has 1 amide bonds. The second kappa shape index (κ2) is 6.91. The molecule has 2 heterocycles. The number of likely N-dealkylation sites (N-methyl/N-ethyl adjacent to an activating group) is 1. The van der Waals surface area contributed by atoms with Crippen molar-refractivity contribution in [2.75, 3.05) is 33.4 Å². The Labute approximate surface area is 141 Å². The third kappa shape index (κ3) is 3.60. The normalized spacial score (nSPS) is 17.1. The summed E-state index contributed by atoms with van der Waals surface area (Å²) in [5.41, 5.74) is 2.61. The highest BCUT2D eigenvalue weighted by molar-refractivity contribution is 5.81. The van der Waals surface area contributed by atoms with Crippen LogP contribution in [0.2, 0.25) is 0 Å². The van der Waals surface area contributed by atoms with Crippen LogP contribution in [0.25, 0.3) is 11.0 Å². The Morgan fingerprint density at radius 3 is 2.88 bits per heavy atom. The lowest BCUT2D eigenvalue weighted by atomic mass is 9.80. The van der Waals surface area contributed by atoms with E-state index in [0.717, 1.165) is 35.3 Å². The molecule has 0 saturated carbocycles. The number of aliphatic hydroxyl groups is 1. The fraction of sp³-hybridized carbons (Fsp3) is 0.556. The summed E-state index contributed by atoms with van der Waals surface area (Å²) in [6.45, 7) is 3.88. The number of hydrogen-bond acceptors (Lipinski definition) is 4. The summed E-state index contributed by atoms with van der Waals surface area (Å²) in [5, 5.41) is 9.78. The van der Waals surface area contributed by atoms with E-state index in [1.54, 1.807) is 4.90 Å². The zero-order chi connectivity index (χ0) is 17.2. The topological polar surface area (TPSA) is 78.5 Å². The average molecular weight is 331 g/mol. The van der Waals surface area contributed by atoms with E-state index in [9.17, 15) is 9.90 Å². The number of aromatic amines is 1. The van der Waals surface area contributed by atoms with Gasteiger partial charge in [-0.3, -0.25) is 4.79 Å². The van der Waals surface area contributed by atoms with Crippen LogP contribution in [-0.4, -0.2) is 59.3 Å². The second-order valence-electron chi connectivity index (χ2n) is 6.87. The van der Waals surface area contributed by atoms with Gasteiger partial charge in [-0.1, -0.05) is 6.07 Å². The van der Waals surface area contributed by atoms with Gasteiger partial charge in [-0.15, -0.1) is 0 Å². The molecule has 1 saturated heterocycles. The summed E-state index contributed by atoms with van der Waals surface area (Å²) in [7, 11) is 1.81. The molecule has 2 aromatic rings. The van der Waals surface area contributed by atoms with E-state index in [1.165, 1.54) is 0 Å². The van der Waals surface area contributed by atoms with Gasteiger partial charge in [0.25, 0.3) is 0 Å². The monoisotopic (exact) mass is 331 g/mol. The molecule has 0 unspecified atom stereocenters. The third-order valence-electron chi connectivity index (χ3n) is 4.91. The minimum Gasteiger partial charge on any atom is -0.396 e. The number of carbonyl (C=O) groups is 1. The largest absolute Gasteiger partial charge is 0.396 e. The zero-order valence-electron chi connectivity index (χ0n) is 14.3. The van der Waals surface area contributed by atoms with Gasteiger partial charge in [0.05, 0.1) is 24.1 Å². The van der Waals surface area contributed by atoms with E-state index in [4.69, 9.17) is 4.74 Å². The number of aromatic nitrogens is 2. The predicted molar refractivity (Wildman–Crippen MR) is 91.7 cm³/mol. The molecule has 2 N–H and O–H groups in total. The van der Waals surface area contributed by atoms with E-state index in [0.29, 0.717) is 26.2 Å². The number of carbonyl (C=O) groups excluding carboxylic acids is 1. The van der Waals surface area contributed by atoms with Gasteiger partial charge in [-0.05, 0) is 37.5 Å². The van der Waals surface area contributed by atoms with Gasteiger partial charge in [0.2, 0.25) is 5.91 Å². The van der Waals surface area contributed by atoms with E-state index < -0.39 is 0 Å². The number of rotatable bonds is 5. The highest BCUT2D eigenvalue weighted by Crippen LogP contribution is 2.30. The van der Waals surface area contributed by atoms with Crippen LogP contribution in [0.4, 0.5) is 0 Å². The molecule has 6 heteroatoms. The number of aliphatic hydroxyl groups excluding tert-OH is 1. The van der Waals surface area contributed by atoms with Crippen molar-refractivity contribution in [3.05, 3.63) is 29.6 Å². The molecular weight excluding hydrogens is 306 g/mol. The van der Waals surface area contributed by atoms with Crippen LogP contribution in [0, 0.1) is 12.3 Å². The number of imidazole rings is 1. The Morgan fingerprint density at radius 1 is 1.42 bits per heavy atom. The van der Waals surface area contributed by atoms with E-state index in [2.05, 4.69) is 9.97 Å². The Kier molecular flexibility index (Phi) is 4.87. The maximum Gasteiger partial charge on any atom is 0.226 e. The van der Waals surface area contributed by atoms with Crippen LogP contribution in [0.1, 0.15) is 24.2 Å². The van der Waals surface area contributed by atoms with Crippen LogP contribution in [0.3, 0.4) is 0 Å².